The lowest BCUT2D eigenvalue weighted by atomic mass is 9.76. The van der Waals surface area contributed by atoms with Crippen molar-refractivity contribution >= 4 is 17.6 Å². The molecule has 0 fully saturated rings. The van der Waals surface area contributed by atoms with Crippen molar-refractivity contribution in [3.63, 3.8) is 0 Å². The largest absolute Gasteiger partial charge is 0.478 e. The Labute approximate surface area is 157 Å². The van der Waals surface area contributed by atoms with Crippen LogP contribution in [0.3, 0.4) is 0 Å². The van der Waals surface area contributed by atoms with Gasteiger partial charge in [-0.05, 0) is 48.6 Å². The van der Waals surface area contributed by atoms with Crippen LogP contribution in [0, 0.1) is 5.92 Å². The van der Waals surface area contributed by atoms with Gasteiger partial charge in [-0.1, -0.05) is 36.4 Å². The third-order valence-electron chi connectivity index (χ3n) is 5.41. The summed E-state index contributed by atoms with van der Waals surface area (Å²) in [4.78, 5) is 23.6. The van der Waals surface area contributed by atoms with E-state index in [-0.39, 0.29) is 23.5 Å². The van der Waals surface area contributed by atoms with Gasteiger partial charge in [0, 0.05) is 5.92 Å². The minimum absolute atomic E-state index is 0.00378. The van der Waals surface area contributed by atoms with Crippen molar-refractivity contribution in [2.24, 2.45) is 5.92 Å². The molecule has 0 amide bonds. The highest BCUT2D eigenvalue weighted by Crippen LogP contribution is 2.50. The lowest BCUT2D eigenvalue weighted by Crippen LogP contribution is -2.30. The van der Waals surface area contributed by atoms with Crippen LogP contribution in [0.5, 0.6) is 0 Å². The number of aromatic carboxylic acids is 1. The number of allylic oxidation sites excluding steroid dienone is 2. The first-order valence-electron chi connectivity index (χ1n) is 9.16. The maximum absolute atomic E-state index is 12.4. The Morgan fingerprint density at radius 2 is 1.96 bits per heavy atom. The Morgan fingerprint density at radius 3 is 2.67 bits per heavy atom. The number of ether oxygens (including phenoxy) is 1. The number of rotatable bonds is 4. The molecule has 1 heterocycles. The number of carboxylic acid groups (broad SMARTS) is 1. The smallest absolute Gasteiger partial charge is 0.340 e. The second-order valence-corrected chi connectivity index (χ2v) is 6.89. The van der Waals surface area contributed by atoms with Crippen LogP contribution in [0.4, 0.5) is 5.69 Å². The zero-order chi connectivity index (χ0) is 19.0. The molecule has 1 aliphatic heterocycles. The van der Waals surface area contributed by atoms with E-state index >= 15 is 0 Å². The van der Waals surface area contributed by atoms with Gasteiger partial charge in [0.1, 0.15) is 0 Å². The molecule has 2 aromatic rings. The first-order chi connectivity index (χ1) is 13.1. The van der Waals surface area contributed by atoms with Gasteiger partial charge in [-0.3, -0.25) is 0 Å². The van der Waals surface area contributed by atoms with E-state index in [4.69, 9.17) is 9.84 Å². The summed E-state index contributed by atoms with van der Waals surface area (Å²) >= 11 is 0. The summed E-state index contributed by atoms with van der Waals surface area (Å²) in [5.74, 6) is -0.721. The fraction of sp³-hybridized carbons (Fsp3) is 0.273. The number of carboxylic acids is 1. The third-order valence-corrected chi connectivity index (χ3v) is 5.41. The van der Waals surface area contributed by atoms with Gasteiger partial charge in [0.2, 0.25) is 0 Å². The number of carbonyl (C=O) groups is 2. The number of benzene rings is 2. The van der Waals surface area contributed by atoms with E-state index in [1.807, 2.05) is 18.2 Å². The molecule has 4 rings (SSSR count). The first-order valence-corrected chi connectivity index (χ1v) is 9.16. The van der Waals surface area contributed by atoms with E-state index in [1.54, 1.807) is 25.1 Å². The van der Waals surface area contributed by atoms with Crippen LogP contribution in [0.2, 0.25) is 0 Å². The Morgan fingerprint density at radius 1 is 1.19 bits per heavy atom. The molecule has 0 saturated heterocycles. The van der Waals surface area contributed by atoms with E-state index in [2.05, 4.69) is 23.5 Å². The molecule has 27 heavy (non-hydrogen) atoms. The summed E-state index contributed by atoms with van der Waals surface area (Å²) < 4.78 is 5.23. The Kier molecular flexibility index (Phi) is 4.44. The molecule has 3 atom stereocenters. The maximum Gasteiger partial charge on any atom is 0.340 e. The van der Waals surface area contributed by atoms with Crippen molar-refractivity contribution in [3.05, 3.63) is 76.9 Å². The zero-order valence-corrected chi connectivity index (χ0v) is 15.0. The van der Waals surface area contributed by atoms with Crippen molar-refractivity contribution in [2.45, 2.75) is 25.3 Å². The Balaban J connectivity index is 1.75. The number of hydrogen-bond acceptors (Lipinski definition) is 4. The SMILES string of the molecule is CCOC(=O)c1cccc2c1N[C@H](c1ccc(C(=O)O)cc1)C1CC=CC21. The number of para-hydroxylation sites is 1. The Hall–Kier alpha value is -3.08. The van der Waals surface area contributed by atoms with Crippen LogP contribution < -0.4 is 5.32 Å². The van der Waals surface area contributed by atoms with Gasteiger partial charge in [0.05, 0.1) is 29.5 Å². The van der Waals surface area contributed by atoms with Gasteiger partial charge in [-0.15, -0.1) is 0 Å². The summed E-state index contributed by atoms with van der Waals surface area (Å²) in [5, 5.41) is 12.7. The third kappa shape index (κ3) is 2.99. The molecule has 0 bridgehead atoms. The molecule has 0 radical (unpaired) electrons. The van der Waals surface area contributed by atoms with Crippen LogP contribution in [0.1, 0.15) is 57.1 Å². The number of esters is 1. The molecular weight excluding hydrogens is 342 g/mol. The lowest BCUT2D eigenvalue weighted by Gasteiger charge is -2.38. The minimum atomic E-state index is -0.937. The number of anilines is 1. The molecular formula is C22H21NO4. The van der Waals surface area contributed by atoms with Crippen LogP contribution in [-0.2, 0) is 4.74 Å². The highest BCUT2D eigenvalue weighted by Gasteiger charge is 2.39. The van der Waals surface area contributed by atoms with Crippen molar-refractivity contribution in [1.82, 2.24) is 0 Å². The number of fused-ring (bicyclic) bond motifs is 3. The Bertz CT molecular complexity index is 916. The summed E-state index contributed by atoms with van der Waals surface area (Å²) in [5.41, 5.74) is 3.75. The maximum atomic E-state index is 12.4. The zero-order valence-electron chi connectivity index (χ0n) is 15.0. The highest BCUT2D eigenvalue weighted by molar-refractivity contribution is 5.97. The number of nitrogens with one attached hydrogen (secondary N) is 1. The van der Waals surface area contributed by atoms with Crippen LogP contribution in [0.25, 0.3) is 0 Å². The molecule has 1 aliphatic carbocycles. The average molecular weight is 363 g/mol. The van der Waals surface area contributed by atoms with Crippen LogP contribution >= 0.6 is 0 Å². The minimum Gasteiger partial charge on any atom is -0.478 e. The summed E-state index contributed by atoms with van der Waals surface area (Å²) in [6.07, 6.45) is 5.33. The van der Waals surface area contributed by atoms with E-state index in [0.717, 1.165) is 23.2 Å². The van der Waals surface area contributed by atoms with Crippen molar-refractivity contribution in [3.8, 4) is 0 Å². The number of carbonyl (C=O) groups excluding carboxylic acids is 1. The van der Waals surface area contributed by atoms with E-state index in [0.29, 0.717) is 18.1 Å². The van der Waals surface area contributed by atoms with Crippen LogP contribution in [-0.4, -0.2) is 23.7 Å². The lowest BCUT2D eigenvalue weighted by molar-refractivity contribution is 0.0526. The quantitative estimate of drug-likeness (QED) is 0.622. The topological polar surface area (TPSA) is 75.6 Å². The average Bonchev–Trinajstić information content (AvgIpc) is 3.17. The van der Waals surface area contributed by atoms with E-state index < -0.39 is 5.97 Å². The molecule has 2 aliphatic rings. The van der Waals surface area contributed by atoms with Gasteiger partial charge in [0.25, 0.3) is 0 Å². The van der Waals surface area contributed by atoms with E-state index in [9.17, 15) is 9.59 Å². The highest BCUT2D eigenvalue weighted by atomic mass is 16.5. The molecule has 2 N–H and O–H groups in total. The van der Waals surface area contributed by atoms with Crippen molar-refractivity contribution in [2.75, 3.05) is 11.9 Å². The first kappa shape index (κ1) is 17.3. The fourth-order valence-electron chi connectivity index (χ4n) is 4.16. The second-order valence-electron chi connectivity index (χ2n) is 6.89. The van der Waals surface area contributed by atoms with Gasteiger partial charge in [-0.2, -0.15) is 0 Å². The second kappa shape index (κ2) is 6.91. The van der Waals surface area contributed by atoms with Gasteiger partial charge in [0.15, 0.2) is 0 Å². The van der Waals surface area contributed by atoms with Crippen LogP contribution in [0.15, 0.2) is 54.6 Å². The fourth-order valence-corrected chi connectivity index (χ4v) is 4.16. The molecule has 2 unspecified atom stereocenters. The van der Waals surface area contributed by atoms with Crippen molar-refractivity contribution < 1.29 is 19.4 Å². The monoisotopic (exact) mass is 363 g/mol. The van der Waals surface area contributed by atoms with Crippen molar-refractivity contribution in [1.29, 1.82) is 0 Å². The molecule has 5 nitrogen and oxygen atoms in total. The molecule has 0 aromatic heterocycles. The molecule has 0 spiro atoms. The van der Waals surface area contributed by atoms with Gasteiger partial charge in [-0.25, -0.2) is 9.59 Å². The van der Waals surface area contributed by atoms with E-state index in [1.165, 1.54) is 0 Å². The molecule has 5 heteroatoms. The number of hydrogen-bond donors (Lipinski definition) is 2. The summed E-state index contributed by atoms with van der Waals surface area (Å²) in [6.45, 7) is 2.12. The molecule has 138 valence electrons. The predicted octanol–water partition coefficient (Wildman–Crippen LogP) is 4.39. The van der Waals surface area contributed by atoms with Gasteiger partial charge < -0.3 is 15.2 Å². The summed E-state index contributed by atoms with van der Waals surface area (Å²) in [7, 11) is 0. The standard InChI is InChI=1S/C22H21NO4/c1-2-27-22(26)18-8-4-7-17-15-5-3-6-16(15)19(23-20(17)18)13-9-11-14(12-10-13)21(24)25/h3-5,7-12,15-16,19,23H,2,6H2,1H3,(H,24,25)/t15?,16?,19-/m1/s1. The molecule has 2 aromatic carbocycles. The normalized spacial score (nSPS) is 22.5. The van der Waals surface area contributed by atoms with Gasteiger partial charge >= 0.3 is 11.9 Å². The summed E-state index contributed by atoms with van der Waals surface area (Å²) in [6, 6.07) is 12.7. The predicted molar refractivity (Wildman–Crippen MR) is 102 cm³/mol. The molecule has 0 saturated carbocycles.